The van der Waals surface area contributed by atoms with Gasteiger partial charge in [0.25, 0.3) is 0 Å². The summed E-state index contributed by atoms with van der Waals surface area (Å²) < 4.78 is 42.1. The molecule has 2 aromatic heterocycles. The van der Waals surface area contributed by atoms with Gasteiger partial charge in [-0.3, -0.25) is 0 Å². The van der Waals surface area contributed by atoms with Crippen LogP contribution in [0, 0.1) is 6.92 Å². The maximum Gasteiger partial charge on any atom is 0.416 e. The van der Waals surface area contributed by atoms with E-state index in [4.69, 9.17) is 15.2 Å². The predicted molar refractivity (Wildman–Crippen MR) is 131 cm³/mol. The predicted octanol–water partition coefficient (Wildman–Crippen LogP) is 5.82. The van der Waals surface area contributed by atoms with E-state index in [9.17, 15) is 13.2 Å². The van der Waals surface area contributed by atoms with Gasteiger partial charge in [-0.15, -0.1) is 0 Å². The van der Waals surface area contributed by atoms with Gasteiger partial charge in [0.15, 0.2) is 5.65 Å². The van der Waals surface area contributed by atoms with Gasteiger partial charge in [-0.05, 0) is 43.5 Å². The van der Waals surface area contributed by atoms with Crippen molar-refractivity contribution in [3.8, 4) is 22.4 Å². The van der Waals surface area contributed by atoms with E-state index in [2.05, 4.69) is 12.2 Å². The Morgan fingerprint density at radius 3 is 2.49 bits per heavy atom. The lowest BCUT2D eigenvalue weighted by molar-refractivity contribution is -0.137. The number of aliphatic hydroxyl groups excluding tert-OH is 1. The Balaban J connectivity index is 1.97. The summed E-state index contributed by atoms with van der Waals surface area (Å²) in [6, 6.07) is 15.2. The second-order valence-corrected chi connectivity index (χ2v) is 8.64. The molecule has 4 rings (SSSR count). The second kappa shape index (κ2) is 10.6. The Morgan fingerprint density at radius 1 is 1.03 bits per heavy atom. The summed E-state index contributed by atoms with van der Waals surface area (Å²) in [6.07, 6.45) is -1.78. The fraction of sp³-hybridized carbons (Fsp3) is 0.333. The largest absolute Gasteiger partial charge is 0.416 e. The molecule has 0 aliphatic heterocycles. The molecule has 0 unspecified atom stereocenters. The van der Waals surface area contributed by atoms with Crippen LogP contribution in [0.4, 0.5) is 13.2 Å². The van der Waals surface area contributed by atoms with Crippen LogP contribution in [0.15, 0.2) is 54.6 Å². The van der Waals surface area contributed by atoms with E-state index in [1.807, 2.05) is 31.2 Å². The van der Waals surface area contributed by atoms with Gasteiger partial charge in [-0.25, -0.2) is 9.50 Å². The van der Waals surface area contributed by atoms with Gasteiger partial charge < -0.3 is 10.4 Å². The van der Waals surface area contributed by atoms with E-state index in [-0.39, 0.29) is 6.61 Å². The number of aliphatic hydroxyl groups is 1. The third-order valence-corrected chi connectivity index (χ3v) is 5.90. The van der Waals surface area contributed by atoms with Crippen molar-refractivity contribution in [2.75, 3.05) is 13.2 Å². The number of unbranched alkanes of at least 4 members (excludes halogenated alkanes) is 1. The number of hydrogen-bond donors (Lipinski definition) is 2. The zero-order chi connectivity index (χ0) is 25.0. The molecule has 4 aromatic rings. The lowest BCUT2D eigenvalue weighted by Crippen LogP contribution is -2.18. The summed E-state index contributed by atoms with van der Waals surface area (Å²) >= 11 is 0. The highest BCUT2D eigenvalue weighted by molar-refractivity contribution is 5.82. The van der Waals surface area contributed by atoms with Crippen LogP contribution >= 0.6 is 0 Å². The third kappa shape index (κ3) is 5.55. The molecule has 2 aromatic carbocycles. The average Bonchev–Trinajstić information content (AvgIpc) is 3.20. The SMILES string of the molecule is CCCCc1nn2c(-c3cccc(C(F)(F)F)c3)cc(CNCCO)nc2c1-c1ccc(C)cc1. The van der Waals surface area contributed by atoms with E-state index >= 15 is 0 Å². The zero-order valence-electron chi connectivity index (χ0n) is 19.9. The molecule has 2 N–H and O–H groups in total. The number of hydrogen-bond acceptors (Lipinski definition) is 4. The average molecular weight is 483 g/mol. The van der Waals surface area contributed by atoms with Gasteiger partial charge in [0.1, 0.15) is 0 Å². The topological polar surface area (TPSA) is 62.5 Å². The molecule has 0 atom stereocenters. The molecule has 0 saturated carbocycles. The maximum atomic E-state index is 13.5. The molecule has 0 aliphatic carbocycles. The molecular weight excluding hydrogens is 453 g/mol. The third-order valence-electron chi connectivity index (χ3n) is 5.90. The van der Waals surface area contributed by atoms with Crippen LogP contribution in [-0.4, -0.2) is 32.9 Å². The number of rotatable bonds is 9. The number of fused-ring (bicyclic) bond motifs is 1. The van der Waals surface area contributed by atoms with Crippen LogP contribution < -0.4 is 5.32 Å². The molecule has 0 bridgehead atoms. The molecule has 0 fully saturated rings. The van der Waals surface area contributed by atoms with Crippen molar-refractivity contribution in [1.82, 2.24) is 19.9 Å². The first-order valence-corrected chi connectivity index (χ1v) is 11.8. The molecule has 0 saturated heterocycles. The van der Waals surface area contributed by atoms with Crippen molar-refractivity contribution in [3.05, 3.63) is 77.1 Å². The quantitative estimate of drug-likeness (QED) is 0.295. The molecule has 2 heterocycles. The molecule has 5 nitrogen and oxygen atoms in total. The Labute approximate surface area is 202 Å². The molecular formula is C27H29F3N4O. The van der Waals surface area contributed by atoms with Gasteiger partial charge >= 0.3 is 6.18 Å². The molecule has 0 aliphatic rings. The van der Waals surface area contributed by atoms with Crippen LogP contribution in [0.1, 0.15) is 42.3 Å². The van der Waals surface area contributed by atoms with Crippen molar-refractivity contribution in [1.29, 1.82) is 0 Å². The van der Waals surface area contributed by atoms with Crippen LogP contribution in [0.2, 0.25) is 0 Å². The minimum absolute atomic E-state index is 0.0226. The summed E-state index contributed by atoms with van der Waals surface area (Å²) in [7, 11) is 0. The number of nitrogens with zero attached hydrogens (tertiary/aromatic N) is 3. The van der Waals surface area contributed by atoms with Gasteiger partial charge in [-0.1, -0.05) is 55.3 Å². The standard InChI is InChI=1S/C27H29F3N4O/c1-3-4-8-23-25(19-11-9-18(2)10-12-19)26-32-22(17-31-13-14-35)16-24(34(26)33-23)20-6-5-7-21(15-20)27(28,29)30/h5-7,9-12,15-16,31,35H,3-4,8,13-14,17H2,1-2H3. The molecule has 0 amide bonds. The van der Waals surface area contributed by atoms with Gasteiger partial charge in [0.2, 0.25) is 0 Å². The Kier molecular flexibility index (Phi) is 7.52. The molecule has 8 heteroatoms. The van der Waals surface area contributed by atoms with Crippen molar-refractivity contribution >= 4 is 5.65 Å². The van der Waals surface area contributed by atoms with Crippen LogP contribution in [0.25, 0.3) is 28.0 Å². The van der Waals surface area contributed by atoms with Gasteiger partial charge in [0, 0.05) is 24.2 Å². The minimum atomic E-state index is -4.45. The van der Waals surface area contributed by atoms with Crippen LogP contribution in [0.3, 0.4) is 0 Å². The van der Waals surface area contributed by atoms with E-state index in [0.29, 0.717) is 35.7 Å². The van der Waals surface area contributed by atoms with Crippen molar-refractivity contribution in [2.24, 2.45) is 0 Å². The number of aryl methyl sites for hydroxylation is 2. The minimum Gasteiger partial charge on any atom is -0.395 e. The number of nitrogens with one attached hydrogen (secondary N) is 1. The monoisotopic (exact) mass is 482 g/mol. The summed E-state index contributed by atoms with van der Waals surface area (Å²) in [5.41, 5.74) is 5.38. The first-order chi connectivity index (χ1) is 16.8. The summed E-state index contributed by atoms with van der Waals surface area (Å²) in [6.45, 7) is 4.86. The number of benzene rings is 2. The zero-order valence-corrected chi connectivity index (χ0v) is 19.9. The van der Waals surface area contributed by atoms with Crippen LogP contribution in [-0.2, 0) is 19.1 Å². The second-order valence-electron chi connectivity index (χ2n) is 8.64. The van der Waals surface area contributed by atoms with E-state index in [1.165, 1.54) is 6.07 Å². The molecule has 0 radical (unpaired) electrons. The van der Waals surface area contributed by atoms with E-state index in [0.717, 1.165) is 53.8 Å². The maximum absolute atomic E-state index is 13.5. The Bertz CT molecular complexity index is 1300. The fourth-order valence-electron chi connectivity index (χ4n) is 4.09. The highest BCUT2D eigenvalue weighted by Gasteiger charge is 2.31. The first-order valence-electron chi connectivity index (χ1n) is 11.8. The van der Waals surface area contributed by atoms with E-state index < -0.39 is 11.7 Å². The first kappa shape index (κ1) is 24.9. The molecule has 184 valence electrons. The molecule has 0 spiro atoms. The number of alkyl halides is 3. The smallest absolute Gasteiger partial charge is 0.395 e. The Morgan fingerprint density at radius 2 is 1.80 bits per heavy atom. The summed E-state index contributed by atoms with van der Waals surface area (Å²) in [4.78, 5) is 4.87. The fourth-order valence-corrected chi connectivity index (χ4v) is 4.09. The Hall–Kier alpha value is -3.23. The van der Waals surface area contributed by atoms with Crippen molar-refractivity contribution < 1.29 is 18.3 Å². The highest BCUT2D eigenvalue weighted by atomic mass is 19.4. The normalized spacial score (nSPS) is 11.9. The number of halogens is 3. The van der Waals surface area contributed by atoms with Crippen molar-refractivity contribution in [2.45, 2.75) is 45.8 Å². The molecule has 35 heavy (non-hydrogen) atoms. The van der Waals surface area contributed by atoms with Crippen LogP contribution in [0.5, 0.6) is 0 Å². The van der Waals surface area contributed by atoms with Crippen molar-refractivity contribution in [3.63, 3.8) is 0 Å². The number of aromatic nitrogens is 3. The highest BCUT2D eigenvalue weighted by Crippen LogP contribution is 2.35. The van der Waals surface area contributed by atoms with Gasteiger partial charge in [0.05, 0.1) is 29.3 Å². The summed E-state index contributed by atoms with van der Waals surface area (Å²) in [5, 5.41) is 17.1. The van der Waals surface area contributed by atoms with Gasteiger partial charge in [-0.2, -0.15) is 18.3 Å². The van der Waals surface area contributed by atoms with E-state index in [1.54, 1.807) is 16.6 Å². The lowest BCUT2D eigenvalue weighted by atomic mass is 10.0. The summed E-state index contributed by atoms with van der Waals surface area (Å²) in [5.74, 6) is 0. The lowest BCUT2D eigenvalue weighted by Gasteiger charge is -2.12.